The second-order valence-corrected chi connectivity index (χ2v) is 11.9. The molecule has 0 heterocycles. The zero-order valence-corrected chi connectivity index (χ0v) is 25.3. The van der Waals surface area contributed by atoms with Crippen LogP contribution in [0.3, 0.4) is 0 Å². The number of amides is 1. The predicted octanol–water partition coefficient (Wildman–Crippen LogP) is 7.26. The van der Waals surface area contributed by atoms with Crippen LogP contribution in [-0.2, 0) is 16.1 Å². The molecule has 0 saturated heterocycles. The number of carbonyl (C=O) groups is 2. The molecular formula is C33H48N2O3S. The molecule has 2 aromatic rings. The lowest BCUT2D eigenvalue weighted by Crippen LogP contribution is -2.42. The SMILES string of the molecule is CCCCN(CCC1CCCCC1)Cc1ccc(C(=O)N[C@@H](CCSC)C(=O)OC)c(-c2ccccc2C)c1. The van der Waals surface area contributed by atoms with E-state index in [2.05, 4.69) is 48.3 Å². The van der Waals surface area contributed by atoms with Crippen LogP contribution in [0.2, 0.25) is 0 Å². The molecule has 1 atom stereocenters. The molecule has 6 heteroatoms. The van der Waals surface area contributed by atoms with Gasteiger partial charge in [0, 0.05) is 12.1 Å². The van der Waals surface area contributed by atoms with E-state index in [9.17, 15) is 9.59 Å². The smallest absolute Gasteiger partial charge is 0.328 e. The van der Waals surface area contributed by atoms with Gasteiger partial charge in [-0.15, -0.1) is 0 Å². The lowest BCUT2D eigenvalue weighted by atomic mass is 9.87. The Morgan fingerprint density at radius 2 is 1.85 bits per heavy atom. The molecule has 214 valence electrons. The van der Waals surface area contributed by atoms with Crippen molar-refractivity contribution in [2.45, 2.75) is 84.2 Å². The molecule has 1 amide bonds. The Morgan fingerprint density at radius 1 is 1.08 bits per heavy atom. The number of aryl methyl sites for hydroxylation is 1. The van der Waals surface area contributed by atoms with Gasteiger partial charge in [-0.2, -0.15) is 11.8 Å². The van der Waals surface area contributed by atoms with Gasteiger partial charge in [0.05, 0.1) is 7.11 Å². The number of nitrogens with one attached hydrogen (secondary N) is 1. The maximum atomic E-state index is 13.6. The van der Waals surface area contributed by atoms with Crippen molar-refractivity contribution in [3.05, 3.63) is 59.2 Å². The summed E-state index contributed by atoms with van der Waals surface area (Å²) in [6.07, 6.45) is 13.1. The Bertz CT molecular complexity index is 1050. The fraction of sp³-hybridized carbons (Fsp3) is 0.576. The highest BCUT2D eigenvalue weighted by Gasteiger charge is 2.24. The summed E-state index contributed by atoms with van der Waals surface area (Å²) >= 11 is 1.64. The second kappa shape index (κ2) is 16.7. The molecule has 1 saturated carbocycles. The van der Waals surface area contributed by atoms with Crippen molar-refractivity contribution in [2.24, 2.45) is 5.92 Å². The van der Waals surface area contributed by atoms with Crippen LogP contribution in [0, 0.1) is 12.8 Å². The van der Waals surface area contributed by atoms with Crippen molar-refractivity contribution in [1.82, 2.24) is 10.2 Å². The van der Waals surface area contributed by atoms with E-state index in [1.807, 2.05) is 24.5 Å². The molecule has 0 radical (unpaired) electrons. The highest BCUT2D eigenvalue weighted by Crippen LogP contribution is 2.30. The van der Waals surface area contributed by atoms with Crippen LogP contribution in [-0.4, -0.2) is 55.0 Å². The maximum Gasteiger partial charge on any atom is 0.328 e. The minimum atomic E-state index is -0.663. The molecule has 2 aromatic carbocycles. The Balaban J connectivity index is 1.86. The molecule has 0 aromatic heterocycles. The standard InChI is InChI=1S/C33H48N2O3S/c1-5-6-20-35(21-18-26-13-8-7-9-14-26)24-27-16-17-29(30(23-27)28-15-11-10-12-25(28)2)32(36)34-31(19-22-39-4)33(37)38-3/h10-12,15-17,23,26,31H,5-9,13-14,18-22,24H2,1-4H3,(H,34,36)/t31-/m0/s1. The third kappa shape index (κ3) is 9.68. The van der Waals surface area contributed by atoms with Crippen LogP contribution in [0.4, 0.5) is 0 Å². The number of hydrogen-bond donors (Lipinski definition) is 1. The van der Waals surface area contributed by atoms with Gasteiger partial charge in [0.2, 0.25) is 0 Å². The molecular weight excluding hydrogens is 504 g/mol. The summed E-state index contributed by atoms with van der Waals surface area (Å²) in [5.41, 5.74) is 4.89. The highest BCUT2D eigenvalue weighted by atomic mass is 32.2. The number of esters is 1. The van der Waals surface area contributed by atoms with Gasteiger partial charge in [-0.05, 0) is 91.6 Å². The first kappa shape index (κ1) is 31.2. The van der Waals surface area contributed by atoms with E-state index in [1.165, 1.54) is 64.0 Å². The molecule has 0 spiro atoms. The summed E-state index contributed by atoms with van der Waals surface area (Å²) in [4.78, 5) is 28.5. The molecule has 1 N–H and O–H groups in total. The van der Waals surface area contributed by atoms with Crippen LogP contribution in [0.25, 0.3) is 11.1 Å². The van der Waals surface area contributed by atoms with Crippen molar-refractivity contribution in [3.8, 4) is 11.1 Å². The second-order valence-electron chi connectivity index (χ2n) is 10.9. The summed E-state index contributed by atoms with van der Waals surface area (Å²) in [6, 6.07) is 13.8. The highest BCUT2D eigenvalue weighted by molar-refractivity contribution is 7.98. The molecule has 1 aliphatic rings. The molecule has 0 unspecified atom stereocenters. The molecule has 1 fully saturated rings. The van der Waals surface area contributed by atoms with Gasteiger partial charge in [-0.1, -0.05) is 75.8 Å². The normalized spacial score (nSPS) is 14.8. The molecule has 0 bridgehead atoms. The van der Waals surface area contributed by atoms with Crippen molar-refractivity contribution >= 4 is 23.6 Å². The van der Waals surface area contributed by atoms with E-state index < -0.39 is 12.0 Å². The van der Waals surface area contributed by atoms with E-state index in [1.54, 1.807) is 11.8 Å². The monoisotopic (exact) mass is 552 g/mol. The first-order valence-electron chi connectivity index (χ1n) is 14.8. The number of unbranched alkanes of at least 4 members (excludes halogenated alkanes) is 1. The Hall–Kier alpha value is -2.31. The minimum Gasteiger partial charge on any atom is -0.467 e. The Labute approximate surface area is 240 Å². The summed E-state index contributed by atoms with van der Waals surface area (Å²) in [7, 11) is 1.37. The summed E-state index contributed by atoms with van der Waals surface area (Å²) in [6.45, 7) is 7.44. The van der Waals surface area contributed by atoms with Gasteiger partial charge in [-0.25, -0.2) is 4.79 Å². The van der Waals surface area contributed by atoms with Crippen molar-refractivity contribution < 1.29 is 14.3 Å². The largest absolute Gasteiger partial charge is 0.467 e. The Morgan fingerprint density at radius 3 is 2.54 bits per heavy atom. The van der Waals surface area contributed by atoms with Crippen molar-refractivity contribution in [1.29, 1.82) is 0 Å². The molecule has 0 aliphatic heterocycles. The van der Waals surface area contributed by atoms with E-state index in [0.29, 0.717) is 12.0 Å². The summed E-state index contributed by atoms with van der Waals surface area (Å²) in [5.74, 6) is 0.982. The first-order chi connectivity index (χ1) is 19.0. The number of ether oxygens (including phenoxy) is 1. The lowest BCUT2D eigenvalue weighted by molar-refractivity contribution is -0.142. The maximum absolute atomic E-state index is 13.6. The molecule has 1 aliphatic carbocycles. The summed E-state index contributed by atoms with van der Waals surface area (Å²) < 4.78 is 4.97. The third-order valence-corrected chi connectivity index (χ3v) is 8.62. The van der Waals surface area contributed by atoms with E-state index in [4.69, 9.17) is 4.74 Å². The average Bonchev–Trinajstić information content (AvgIpc) is 2.96. The van der Waals surface area contributed by atoms with E-state index >= 15 is 0 Å². The topological polar surface area (TPSA) is 58.6 Å². The average molecular weight is 553 g/mol. The zero-order chi connectivity index (χ0) is 28.0. The zero-order valence-electron chi connectivity index (χ0n) is 24.5. The fourth-order valence-corrected chi connectivity index (χ4v) is 6.07. The molecule has 5 nitrogen and oxygen atoms in total. The number of rotatable bonds is 15. The van der Waals surface area contributed by atoms with Crippen molar-refractivity contribution in [3.63, 3.8) is 0 Å². The van der Waals surface area contributed by atoms with Gasteiger partial charge in [0.1, 0.15) is 6.04 Å². The first-order valence-corrected chi connectivity index (χ1v) is 16.1. The number of nitrogens with zero attached hydrogens (tertiary/aromatic N) is 1. The fourth-order valence-electron chi connectivity index (χ4n) is 5.60. The number of thioether (sulfide) groups is 1. The minimum absolute atomic E-state index is 0.239. The van der Waals surface area contributed by atoms with Crippen LogP contribution in [0.15, 0.2) is 42.5 Å². The van der Waals surface area contributed by atoms with Crippen LogP contribution in [0.1, 0.15) is 86.2 Å². The van der Waals surface area contributed by atoms with Crippen LogP contribution < -0.4 is 5.32 Å². The number of methoxy groups -OCH3 is 1. The van der Waals surface area contributed by atoms with Gasteiger partial charge in [0.25, 0.3) is 5.91 Å². The van der Waals surface area contributed by atoms with E-state index in [-0.39, 0.29) is 5.91 Å². The van der Waals surface area contributed by atoms with Gasteiger partial charge in [0.15, 0.2) is 0 Å². The number of benzene rings is 2. The number of hydrogen-bond acceptors (Lipinski definition) is 5. The predicted molar refractivity (Wildman–Crippen MR) is 164 cm³/mol. The Kier molecular flexibility index (Phi) is 13.4. The summed E-state index contributed by atoms with van der Waals surface area (Å²) in [5, 5.41) is 2.96. The van der Waals surface area contributed by atoms with Gasteiger partial charge in [-0.3, -0.25) is 9.69 Å². The quantitative estimate of drug-likeness (QED) is 0.236. The van der Waals surface area contributed by atoms with Crippen molar-refractivity contribution in [2.75, 3.05) is 32.2 Å². The van der Waals surface area contributed by atoms with Crippen LogP contribution >= 0.6 is 11.8 Å². The number of carbonyl (C=O) groups excluding carboxylic acids is 2. The molecule has 3 rings (SSSR count). The third-order valence-electron chi connectivity index (χ3n) is 7.98. The van der Waals surface area contributed by atoms with Crippen LogP contribution in [0.5, 0.6) is 0 Å². The van der Waals surface area contributed by atoms with Gasteiger partial charge < -0.3 is 10.1 Å². The lowest BCUT2D eigenvalue weighted by Gasteiger charge is -2.27. The molecule has 39 heavy (non-hydrogen) atoms. The van der Waals surface area contributed by atoms with Gasteiger partial charge >= 0.3 is 5.97 Å². The van der Waals surface area contributed by atoms with E-state index in [0.717, 1.165) is 48.0 Å².